The van der Waals surface area contributed by atoms with E-state index < -0.39 is 10.9 Å². The number of hydrogen-bond acceptors (Lipinski definition) is 5. The molecular formula is C8H7NO5S. The number of aliphatic hydroxyl groups excluding tert-OH is 1. The van der Waals surface area contributed by atoms with Crippen LogP contribution in [-0.2, 0) is 0 Å². The lowest BCUT2D eigenvalue weighted by Crippen LogP contribution is -2.00. The average Bonchev–Trinajstić information content (AvgIpc) is 2.18. The Kier molecular flexibility index (Phi) is 3.64. The third kappa shape index (κ3) is 2.67. The summed E-state index contributed by atoms with van der Waals surface area (Å²) in [7, 11) is 0. The fourth-order valence-electron chi connectivity index (χ4n) is 0.994. The van der Waals surface area contributed by atoms with Crippen molar-refractivity contribution in [2.24, 2.45) is 0 Å². The van der Waals surface area contributed by atoms with Gasteiger partial charge in [0.15, 0.2) is 0 Å². The normalized spacial score (nSPS) is 9.93. The molecule has 1 rings (SSSR count). The van der Waals surface area contributed by atoms with Crippen LogP contribution in [0.5, 0.6) is 0 Å². The minimum Gasteiger partial charge on any atom is -0.478 e. The first kappa shape index (κ1) is 11.5. The highest BCUT2D eigenvalue weighted by atomic mass is 32.2. The van der Waals surface area contributed by atoms with Crippen molar-refractivity contribution in [1.82, 2.24) is 0 Å². The van der Waals surface area contributed by atoms with Crippen LogP contribution in [0.2, 0.25) is 0 Å². The molecule has 0 saturated heterocycles. The van der Waals surface area contributed by atoms with Gasteiger partial charge in [-0.1, -0.05) is 11.8 Å². The molecule has 0 amide bonds. The van der Waals surface area contributed by atoms with Gasteiger partial charge in [-0.05, 0) is 6.07 Å². The van der Waals surface area contributed by atoms with Gasteiger partial charge in [0.25, 0.3) is 5.69 Å². The van der Waals surface area contributed by atoms with E-state index in [2.05, 4.69) is 0 Å². The van der Waals surface area contributed by atoms with E-state index in [1.807, 2.05) is 0 Å². The van der Waals surface area contributed by atoms with Crippen molar-refractivity contribution in [3.05, 3.63) is 33.9 Å². The molecule has 1 aromatic carbocycles. The SMILES string of the molecule is O=C(O)c1cc([N+](=O)[O-])ccc1SCO. The number of aromatic carboxylic acids is 1. The second-order valence-electron chi connectivity index (χ2n) is 2.52. The molecule has 1 aromatic rings. The Morgan fingerprint density at radius 3 is 2.67 bits per heavy atom. The van der Waals surface area contributed by atoms with Crippen LogP contribution in [0.4, 0.5) is 5.69 Å². The van der Waals surface area contributed by atoms with Crippen LogP contribution < -0.4 is 0 Å². The second-order valence-corrected chi connectivity index (χ2v) is 3.50. The highest BCUT2D eigenvalue weighted by Gasteiger charge is 2.15. The fraction of sp³-hybridized carbons (Fsp3) is 0.125. The maximum absolute atomic E-state index is 10.8. The van der Waals surface area contributed by atoms with E-state index in [0.29, 0.717) is 4.90 Å². The van der Waals surface area contributed by atoms with Crippen LogP contribution in [0.1, 0.15) is 10.4 Å². The molecule has 15 heavy (non-hydrogen) atoms. The number of benzene rings is 1. The minimum atomic E-state index is -1.25. The molecule has 0 aliphatic rings. The Hall–Kier alpha value is -1.60. The summed E-state index contributed by atoms with van der Waals surface area (Å²) in [5.74, 6) is -1.53. The Bertz CT molecular complexity index is 406. The molecule has 6 nitrogen and oxygen atoms in total. The van der Waals surface area contributed by atoms with Gasteiger partial charge in [0.05, 0.1) is 16.4 Å². The van der Waals surface area contributed by atoms with E-state index in [4.69, 9.17) is 10.2 Å². The predicted molar refractivity (Wildman–Crippen MR) is 53.0 cm³/mol. The largest absolute Gasteiger partial charge is 0.478 e. The maximum Gasteiger partial charge on any atom is 0.337 e. The molecule has 0 spiro atoms. The van der Waals surface area contributed by atoms with Crippen molar-refractivity contribution in [2.45, 2.75) is 4.90 Å². The lowest BCUT2D eigenvalue weighted by atomic mass is 10.2. The van der Waals surface area contributed by atoms with Gasteiger partial charge in [0, 0.05) is 17.0 Å². The zero-order chi connectivity index (χ0) is 11.4. The Balaban J connectivity index is 3.20. The molecule has 0 heterocycles. The molecule has 0 aromatic heterocycles. The fourth-order valence-corrected chi connectivity index (χ4v) is 1.60. The number of nitro benzene ring substituents is 1. The molecule has 7 heteroatoms. The highest BCUT2D eigenvalue weighted by Crippen LogP contribution is 2.26. The third-order valence-corrected chi connectivity index (χ3v) is 2.42. The molecule has 0 fully saturated rings. The lowest BCUT2D eigenvalue weighted by Gasteiger charge is -2.02. The van der Waals surface area contributed by atoms with E-state index in [1.165, 1.54) is 12.1 Å². The zero-order valence-electron chi connectivity index (χ0n) is 7.41. The Labute approximate surface area is 88.7 Å². The summed E-state index contributed by atoms with van der Waals surface area (Å²) in [6.45, 7) is 0. The van der Waals surface area contributed by atoms with Crippen LogP contribution in [0.15, 0.2) is 23.1 Å². The molecule has 0 atom stereocenters. The molecule has 0 unspecified atom stereocenters. The van der Waals surface area contributed by atoms with E-state index >= 15 is 0 Å². The van der Waals surface area contributed by atoms with Crippen molar-refractivity contribution < 1.29 is 19.9 Å². The number of carbonyl (C=O) groups is 1. The molecule has 0 bridgehead atoms. The van der Waals surface area contributed by atoms with Crippen molar-refractivity contribution in [1.29, 1.82) is 0 Å². The smallest absolute Gasteiger partial charge is 0.337 e. The molecule has 2 N–H and O–H groups in total. The summed E-state index contributed by atoms with van der Waals surface area (Å²) >= 11 is 0.903. The molecule has 0 saturated carbocycles. The number of carboxylic acid groups (broad SMARTS) is 1. The molecule has 80 valence electrons. The van der Waals surface area contributed by atoms with Gasteiger partial charge in [-0.3, -0.25) is 10.1 Å². The Morgan fingerprint density at radius 2 is 2.20 bits per heavy atom. The summed E-state index contributed by atoms with van der Waals surface area (Å²) < 4.78 is 0. The van der Waals surface area contributed by atoms with Gasteiger partial charge in [-0.25, -0.2) is 4.79 Å². The average molecular weight is 229 g/mol. The van der Waals surface area contributed by atoms with Gasteiger partial charge in [-0.2, -0.15) is 0 Å². The summed E-state index contributed by atoms with van der Waals surface area (Å²) in [6.07, 6.45) is 0. The first-order valence-electron chi connectivity index (χ1n) is 3.81. The number of non-ortho nitro benzene ring substituents is 1. The molecule has 0 radical (unpaired) electrons. The van der Waals surface area contributed by atoms with Crippen molar-refractivity contribution in [3.8, 4) is 0 Å². The number of thioether (sulfide) groups is 1. The molecule has 0 aliphatic heterocycles. The van der Waals surface area contributed by atoms with Crippen LogP contribution in [0.3, 0.4) is 0 Å². The predicted octanol–water partition coefficient (Wildman–Crippen LogP) is 1.33. The topological polar surface area (TPSA) is 101 Å². The van der Waals surface area contributed by atoms with Gasteiger partial charge < -0.3 is 10.2 Å². The van der Waals surface area contributed by atoms with Gasteiger partial charge in [-0.15, -0.1) is 0 Å². The van der Waals surface area contributed by atoms with Crippen LogP contribution in [0, 0.1) is 10.1 Å². The van der Waals surface area contributed by atoms with Crippen molar-refractivity contribution in [3.63, 3.8) is 0 Å². The van der Waals surface area contributed by atoms with Crippen molar-refractivity contribution >= 4 is 23.4 Å². The number of nitro groups is 1. The highest BCUT2D eigenvalue weighted by molar-refractivity contribution is 7.99. The van der Waals surface area contributed by atoms with E-state index in [0.717, 1.165) is 17.8 Å². The summed E-state index contributed by atoms with van der Waals surface area (Å²) in [4.78, 5) is 20.8. The maximum atomic E-state index is 10.8. The lowest BCUT2D eigenvalue weighted by molar-refractivity contribution is -0.384. The van der Waals surface area contributed by atoms with Crippen molar-refractivity contribution in [2.75, 3.05) is 5.94 Å². The van der Waals surface area contributed by atoms with Gasteiger partial charge >= 0.3 is 5.97 Å². The monoisotopic (exact) mass is 229 g/mol. The van der Waals surface area contributed by atoms with E-state index in [1.54, 1.807) is 0 Å². The third-order valence-electron chi connectivity index (χ3n) is 1.62. The van der Waals surface area contributed by atoms with Crippen LogP contribution in [0.25, 0.3) is 0 Å². The number of carboxylic acids is 1. The number of rotatable bonds is 4. The number of hydrogen-bond donors (Lipinski definition) is 2. The Morgan fingerprint density at radius 1 is 1.53 bits per heavy atom. The number of nitrogens with zero attached hydrogens (tertiary/aromatic N) is 1. The summed E-state index contributed by atoms with van der Waals surface area (Å²) in [5.41, 5.74) is -0.460. The molecular weight excluding hydrogens is 222 g/mol. The number of aliphatic hydroxyl groups is 1. The van der Waals surface area contributed by atoms with E-state index in [9.17, 15) is 14.9 Å². The van der Waals surface area contributed by atoms with Gasteiger partial charge in [0.2, 0.25) is 0 Å². The minimum absolute atomic E-state index is 0.178. The van der Waals surface area contributed by atoms with E-state index in [-0.39, 0.29) is 17.2 Å². The van der Waals surface area contributed by atoms with Crippen LogP contribution in [-0.4, -0.2) is 27.0 Å². The standard InChI is InChI=1S/C8H7NO5S/c10-4-15-7-2-1-5(9(13)14)3-6(7)8(11)12/h1-3,10H,4H2,(H,11,12). The zero-order valence-corrected chi connectivity index (χ0v) is 8.23. The van der Waals surface area contributed by atoms with Gasteiger partial charge in [0.1, 0.15) is 0 Å². The quantitative estimate of drug-likeness (QED) is 0.349. The van der Waals surface area contributed by atoms with Crippen LogP contribution >= 0.6 is 11.8 Å². The first-order valence-corrected chi connectivity index (χ1v) is 4.80. The summed E-state index contributed by atoms with van der Waals surface area (Å²) in [6, 6.07) is 3.48. The molecule has 0 aliphatic carbocycles. The first-order chi connectivity index (χ1) is 7.06. The second kappa shape index (κ2) is 4.76. The summed E-state index contributed by atoms with van der Waals surface area (Å²) in [5, 5.41) is 27.8.